The van der Waals surface area contributed by atoms with Gasteiger partial charge in [0, 0.05) is 22.5 Å². The summed E-state index contributed by atoms with van der Waals surface area (Å²) in [5, 5.41) is 11.0. The Labute approximate surface area is 244 Å². The summed E-state index contributed by atoms with van der Waals surface area (Å²) in [6.45, 7) is 2.53. The second kappa shape index (κ2) is 10.5. The lowest BCUT2D eigenvalue weighted by Gasteiger charge is -2.24. The van der Waals surface area contributed by atoms with Crippen molar-refractivity contribution in [2.75, 3.05) is 13.7 Å². The molecule has 0 atom stereocenters. The van der Waals surface area contributed by atoms with Crippen LogP contribution in [0.5, 0.6) is 5.75 Å². The van der Waals surface area contributed by atoms with Gasteiger partial charge in [-0.3, -0.25) is 0 Å². The molecule has 1 N–H and O–H groups in total. The van der Waals surface area contributed by atoms with Crippen LogP contribution in [0.2, 0.25) is 0 Å². The molecular weight excluding hydrogens is 530 g/mol. The molecule has 216 valence electrons. The maximum absolute atomic E-state index is 13.2. The summed E-state index contributed by atoms with van der Waals surface area (Å²) in [7, 11) is 1.67. The Morgan fingerprint density at radius 3 is 2.55 bits per heavy atom. The number of allylic oxidation sites excluding steroid dienone is 1. The predicted molar refractivity (Wildman–Crippen MR) is 161 cm³/mol. The molecule has 4 aromatic rings. The average Bonchev–Trinajstić information content (AvgIpc) is 3.71. The third-order valence-electron chi connectivity index (χ3n) is 9.04. The van der Waals surface area contributed by atoms with E-state index in [9.17, 15) is 14.7 Å². The third kappa shape index (κ3) is 4.40. The summed E-state index contributed by atoms with van der Waals surface area (Å²) >= 11 is 0. The Morgan fingerprint density at radius 2 is 1.83 bits per heavy atom. The maximum atomic E-state index is 13.2. The van der Waals surface area contributed by atoms with Crippen LogP contribution >= 0.6 is 0 Å². The van der Waals surface area contributed by atoms with Gasteiger partial charge in [-0.25, -0.2) is 14.6 Å². The summed E-state index contributed by atoms with van der Waals surface area (Å²) < 4.78 is 15.5. The van der Waals surface area contributed by atoms with Crippen LogP contribution in [-0.2, 0) is 11.3 Å². The van der Waals surface area contributed by atoms with E-state index in [4.69, 9.17) is 9.47 Å². The zero-order valence-corrected chi connectivity index (χ0v) is 24.1. The van der Waals surface area contributed by atoms with Crippen molar-refractivity contribution in [3.8, 4) is 17.0 Å². The monoisotopic (exact) mass is 565 g/mol. The molecule has 0 radical (unpaired) electrons. The molecule has 2 saturated carbocycles. The quantitative estimate of drug-likeness (QED) is 0.236. The van der Waals surface area contributed by atoms with E-state index in [0.29, 0.717) is 24.2 Å². The van der Waals surface area contributed by atoms with Gasteiger partial charge in [-0.1, -0.05) is 25.3 Å². The number of carboxylic acid groups (broad SMARTS) is 1. The third-order valence-corrected chi connectivity index (χ3v) is 9.04. The zero-order valence-electron chi connectivity index (χ0n) is 24.1. The molecule has 3 aliphatic rings. The Bertz CT molecular complexity index is 1750. The minimum Gasteiger partial charge on any atom is -0.497 e. The topological polar surface area (TPSA) is 95.6 Å². The van der Waals surface area contributed by atoms with Crippen molar-refractivity contribution in [1.82, 2.24) is 14.1 Å². The molecule has 2 fully saturated rings. The average molecular weight is 566 g/mol. The number of carbonyl (C=O) groups is 2. The lowest BCUT2D eigenvalue weighted by Crippen LogP contribution is -2.12. The second-order valence-corrected chi connectivity index (χ2v) is 11.6. The van der Waals surface area contributed by atoms with Crippen LogP contribution < -0.4 is 4.74 Å². The van der Waals surface area contributed by atoms with Crippen molar-refractivity contribution in [3.05, 3.63) is 70.8 Å². The zero-order chi connectivity index (χ0) is 29.0. The minimum absolute atomic E-state index is 0.262. The van der Waals surface area contributed by atoms with Crippen LogP contribution in [0.3, 0.4) is 0 Å². The highest BCUT2D eigenvalue weighted by Gasteiger charge is 2.34. The molecule has 0 saturated heterocycles. The number of hydrogen-bond acceptors (Lipinski definition) is 5. The Morgan fingerprint density at radius 1 is 1.02 bits per heavy atom. The SMILES string of the molecule is CCOC(=O)c1ncn(C2CC2)c1C1=Cc2cc(OC)ccc2-c2c(C3CCCCC3)c3ccc(C(=O)O)cc3n2C1. The molecule has 42 heavy (non-hydrogen) atoms. The number of imidazole rings is 1. The van der Waals surface area contributed by atoms with Gasteiger partial charge in [-0.2, -0.15) is 0 Å². The molecule has 2 aromatic heterocycles. The summed E-state index contributed by atoms with van der Waals surface area (Å²) in [5.41, 5.74) is 7.68. The van der Waals surface area contributed by atoms with E-state index >= 15 is 0 Å². The fraction of sp³-hybridized carbons (Fsp3) is 0.382. The molecule has 3 heterocycles. The molecule has 1 aliphatic heterocycles. The van der Waals surface area contributed by atoms with Gasteiger partial charge in [0.1, 0.15) is 5.75 Å². The molecule has 2 aromatic carbocycles. The number of fused-ring (bicyclic) bond motifs is 5. The number of nitrogens with zero attached hydrogens (tertiary/aromatic N) is 3. The van der Waals surface area contributed by atoms with E-state index in [1.54, 1.807) is 26.4 Å². The van der Waals surface area contributed by atoms with Crippen LogP contribution in [-0.4, -0.2) is 44.9 Å². The first-order valence-corrected chi connectivity index (χ1v) is 15.0. The highest BCUT2D eigenvalue weighted by molar-refractivity contribution is 6.02. The van der Waals surface area contributed by atoms with E-state index in [1.165, 1.54) is 24.8 Å². The van der Waals surface area contributed by atoms with Crippen molar-refractivity contribution in [1.29, 1.82) is 0 Å². The van der Waals surface area contributed by atoms with Gasteiger partial charge in [0.05, 0.1) is 43.5 Å². The number of aromatic nitrogens is 3. The summed E-state index contributed by atoms with van der Waals surface area (Å²) in [6, 6.07) is 12.0. The van der Waals surface area contributed by atoms with E-state index in [2.05, 4.69) is 32.3 Å². The number of carbonyl (C=O) groups excluding carboxylic acids is 1. The highest BCUT2D eigenvalue weighted by Crippen LogP contribution is 2.48. The Hall–Kier alpha value is -4.33. The van der Waals surface area contributed by atoms with Gasteiger partial charge < -0.3 is 23.7 Å². The molecule has 0 amide bonds. The maximum Gasteiger partial charge on any atom is 0.359 e. The Balaban J connectivity index is 1.53. The van der Waals surface area contributed by atoms with Crippen LogP contribution in [0.15, 0.2) is 42.7 Å². The number of ether oxygens (including phenoxy) is 2. The molecule has 7 rings (SSSR count). The van der Waals surface area contributed by atoms with Gasteiger partial charge in [0.25, 0.3) is 0 Å². The van der Waals surface area contributed by atoms with Gasteiger partial charge in [0.15, 0.2) is 5.69 Å². The van der Waals surface area contributed by atoms with Gasteiger partial charge in [-0.15, -0.1) is 0 Å². The van der Waals surface area contributed by atoms with Crippen LogP contribution in [0.1, 0.15) is 101 Å². The van der Waals surface area contributed by atoms with E-state index in [0.717, 1.165) is 70.4 Å². The highest BCUT2D eigenvalue weighted by atomic mass is 16.5. The van der Waals surface area contributed by atoms with Crippen molar-refractivity contribution in [2.45, 2.75) is 70.4 Å². The molecule has 2 aliphatic carbocycles. The van der Waals surface area contributed by atoms with Crippen molar-refractivity contribution in [3.63, 3.8) is 0 Å². The summed E-state index contributed by atoms with van der Waals surface area (Å²) in [5.74, 6) is -0.242. The number of methoxy groups -OCH3 is 1. The van der Waals surface area contributed by atoms with E-state index < -0.39 is 11.9 Å². The smallest absolute Gasteiger partial charge is 0.359 e. The first kappa shape index (κ1) is 26.6. The Kier molecular flexibility index (Phi) is 6.64. The van der Waals surface area contributed by atoms with Crippen LogP contribution in [0.4, 0.5) is 0 Å². The van der Waals surface area contributed by atoms with Gasteiger partial charge in [0.2, 0.25) is 0 Å². The fourth-order valence-electron chi connectivity index (χ4n) is 6.98. The number of carboxylic acids is 1. The van der Waals surface area contributed by atoms with Crippen molar-refractivity contribution in [2.24, 2.45) is 0 Å². The van der Waals surface area contributed by atoms with Crippen molar-refractivity contribution >= 4 is 34.5 Å². The lowest BCUT2D eigenvalue weighted by molar-refractivity contribution is 0.0519. The van der Waals surface area contributed by atoms with Gasteiger partial charge in [-0.05, 0) is 91.6 Å². The second-order valence-electron chi connectivity index (χ2n) is 11.6. The van der Waals surface area contributed by atoms with Crippen LogP contribution in [0.25, 0.3) is 33.8 Å². The number of esters is 1. The number of hydrogen-bond donors (Lipinski definition) is 1. The molecule has 8 heteroatoms. The number of aromatic carboxylic acids is 1. The van der Waals surface area contributed by atoms with E-state index in [1.807, 2.05) is 18.2 Å². The first-order valence-electron chi connectivity index (χ1n) is 15.0. The molecular formula is C34H35N3O5. The molecule has 8 nitrogen and oxygen atoms in total. The normalized spacial score (nSPS) is 16.9. The lowest BCUT2D eigenvalue weighted by atomic mass is 9.81. The fourth-order valence-corrected chi connectivity index (χ4v) is 6.98. The standard InChI is InChI=1S/C34H35N3O5/c1-3-42-34(40)30-31(37(19-35-30)24-10-11-24)23-15-22-16-25(41-2)12-14-26(22)32-29(20-7-5-4-6-8-20)27-13-9-21(33(38)39)17-28(27)36(32)18-23/h9,12-17,19-20,24H,3-8,10-11,18H2,1-2H3,(H,38,39). The summed E-state index contributed by atoms with van der Waals surface area (Å²) in [6.07, 6.45) is 11.8. The predicted octanol–water partition coefficient (Wildman–Crippen LogP) is 7.33. The van der Waals surface area contributed by atoms with E-state index in [-0.39, 0.29) is 12.2 Å². The molecule has 0 unspecified atom stereocenters. The summed E-state index contributed by atoms with van der Waals surface area (Å²) in [4.78, 5) is 29.8. The number of benzene rings is 2. The first-order chi connectivity index (χ1) is 20.5. The van der Waals surface area contributed by atoms with Gasteiger partial charge >= 0.3 is 11.9 Å². The van der Waals surface area contributed by atoms with Crippen LogP contribution in [0, 0.1) is 0 Å². The molecule has 0 bridgehead atoms. The largest absolute Gasteiger partial charge is 0.497 e. The minimum atomic E-state index is -0.947. The molecule has 0 spiro atoms. The van der Waals surface area contributed by atoms with Crippen molar-refractivity contribution < 1.29 is 24.2 Å². The number of rotatable bonds is 7.